The highest BCUT2D eigenvalue weighted by Crippen LogP contribution is 2.22. The summed E-state index contributed by atoms with van der Waals surface area (Å²) in [6, 6.07) is 4.03. The largest absolute Gasteiger partial charge is 0.480 e. The normalized spacial score (nSPS) is 11.9. The summed E-state index contributed by atoms with van der Waals surface area (Å²) in [6.07, 6.45) is 2.35. The molecular formula is C13H15Cl2NO3S. The summed E-state index contributed by atoms with van der Waals surface area (Å²) < 4.78 is 0. The van der Waals surface area contributed by atoms with Crippen LogP contribution in [0.5, 0.6) is 0 Å². The fraction of sp³-hybridized carbons (Fsp3) is 0.385. The van der Waals surface area contributed by atoms with E-state index in [1.807, 2.05) is 6.26 Å². The van der Waals surface area contributed by atoms with Crippen molar-refractivity contribution in [3.05, 3.63) is 33.8 Å². The number of hydrogen-bond acceptors (Lipinski definition) is 3. The number of carboxylic acids is 1. The zero-order chi connectivity index (χ0) is 15.1. The lowest BCUT2D eigenvalue weighted by Crippen LogP contribution is -2.41. The molecule has 110 valence electrons. The van der Waals surface area contributed by atoms with E-state index in [1.54, 1.807) is 18.2 Å². The number of carbonyl (C=O) groups is 2. The van der Waals surface area contributed by atoms with E-state index in [4.69, 9.17) is 28.3 Å². The highest BCUT2D eigenvalue weighted by Gasteiger charge is 2.19. The first-order chi connectivity index (χ1) is 9.43. The molecule has 0 saturated carbocycles. The van der Waals surface area contributed by atoms with Crippen molar-refractivity contribution >= 4 is 46.8 Å². The van der Waals surface area contributed by atoms with E-state index < -0.39 is 12.0 Å². The second-order valence-corrected chi connectivity index (χ2v) is 5.97. The molecule has 0 aliphatic carbocycles. The number of carbonyl (C=O) groups excluding carboxylic acids is 1. The number of carboxylic acid groups (broad SMARTS) is 1. The lowest BCUT2D eigenvalue weighted by Gasteiger charge is -2.14. The van der Waals surface area contributed by atoms with E-state index >= 15 is 0 Å². The molecule has 0 heterocycles. The maximum Gasteiger partial charge on any atom is 0.326 e. The first-order valence-corrected chi connectivity index (χ1v) is 8.04. The topological polar surface area (TPSA) is 66.4 Å². The highest BCUT2D eigenvalue weighted by atomic mass is 35.5. The van der Waals surface area contributed by atoms with Crippen LogP contribution >= 0.6 is 35.0 Å². The monoisotopic (exact) mass is 335 g/mol. The zero-order valence-electron chi connectivity index (χ0n) is 10.9. The van der Waals surface area contributed by atoms with Gasteiger partial charge < -0.3 is 10.4 Å². The summed E-state index contributed by atoms with van der Waals surface area (Å²) in [4.78, 5) is 22.9. The molecule has 0 aliphatic heterocycles. The SMILES string of the molecule is CSCC[C@H](NC(=O)Cc1ccc(Cl)c(Cl)c1)C(=O)O. The minimum Gasteiger partial charge on any atom is -0.480 e. The molecule has 1 aromatic rings. The molecule has 0 saturated heterocycles. The third-order valence-corrected chi connectivity index (χ3v) is 3.98. The molecule has 1 aromatic carbocycles. The Morgan fingerprint density at radius 2 is 2.05 bits per heavy atom. The quantitative estimate of drug-likeness (QED) is 0.804. The Kier molecular flexibility index (Phi) is 7.19. The third kappa shape index (κ3) is 5.61. The fourth-order valence-corrected chi connectivity index (χ4v) is 2.37. The maximum absolute atomic E-state index is 11.8. The molecule has 0 fully saturated rings. The highest BCUT2D eigenvalue weighted by molar-refractivity contribution is 7.98. The summed E-state index contributed by atoms with van der Waals surface area (Å²) in [5, 5.41) is 12.3. The Morgan fingerprint density at radius 3 is 2.60 bits per heavy atom. The van der Waals surface area contributed by atoms with E-state index in [2.05, 4.69) is 5.32 Å². The molecule has 0 spiro atoms. The second kappa shape index (κ2) is 8.39. The molecule has 0 unspecified atom stereocenters. The summed E-state index contributed by atoms with van der Waals surface area (Å²) in [7, 11) is 0. The number of rotatable bonds is 7. The van der Waals surface area contributed by atoms with Crippen molar-refractivity contribution < 1.29 is 14.7 Å². The van der Waals surface area contributed by atoms with E-state index in [9.17, 15) is 9.59 Å². The standard InChI is InChI=1S/C13H15Cl2NO3S/c1-20-5-4-11(13(18)19)16-12(17)7-8-2-3-9(14)10(15)6-8/h2-3,6,11H,4-5,7H2,1H3,(H,16,17)(H,18,19)/t11-/m0/s1. The van der Waals surface area contributed by atoms with Crippen LogP contribution in [0.25, 0.3) is 0 Å². The van der Waals surface area contributed by atoms with Crippen LogP contribution in [0.15, 0.2) is 18.2 Å². The molecule has 0 aromatic heterocycles. The van der Waals surface area contributed by atoms with Crippen LogP contribution in [-0.4, -0.2) is 35.0 Å². The molecule has 0 radical (unpaired) electrons. The van der Waals surface area contributed by atoms with Crippen molar-refractivity contribution in [1.82, 2.24) is 5.32 Å². The van der Waals surface area contributed by atoms with Gasteiger partial charge >= 0.3 is 5.97 Å². The molecular weight excluding hydrogens is 321 g/mol. The van der Waals surface area contributed by atoms with Crippen LogP contribution in [-0.2, 0) is 16.0 Å². The average molecular weight is 336 g/mol. The molecule has 0 bridgehead atoms. The molecule has 20 heavy (non-hydrogen) atoms. The molecule has 0 aliphatic rings. The third-order valence-electron chi connectivity index (χ3n) is 2.59. The van der Waals surface area contributed by atoms with Crippen LogP contribution in [0.4, 0.5) is 0 Å². The fourth-order valence-electron chi connectivity index (χ4n) is 1.57. The predicted molar refractivity (Wildman–Crippen MR) is 82.7 cm³/mol. The van der Waals surface area contributed by atoms with Crippen LogP contribution < -0.4 is 5.32 Å². The Morgan fingerprint density at radius 1 is 1.35 bits per heavy atom. The summed E-state index contributed by atoms with van der Waals surface area (Å²) in [6.45, 7) is 0. The molecule has 1 rings (SSSR count). The van der Waals surface area contributed by atoms with Gasteiger partial charge in [-0.3, -0.25) is 4.79 Å². The Balaban J connectivity index is 2.60. The lowest BCUT2D eigenvalue weighted by molar-refractivity contribution is -0.141. The summed E-state index contributed by atoms with van der Waals surface area (Å²) in [5.41, 5.74) is 0.686. The number of amides is 1. The number of thioether (sulfide) groups is 1. The average Bonchev–Trinajstić information content (AvgIpc) is 2.38. The molecule has 1 amide bonds. The van der Waals surface area contributed by atoms with Gasteiger partial charge in [0.1, 0.15) is 6.04 Å². The smallest absolute Gasteiger partial charge is 0.326 e. The Hall–Kier alpha value is -0.910. The summed E-state index contributed by atoms with van der Waals surface area (Å²) >= 11 is 13.2. The molecule has 1 atom stereocenters. The van der Waals surface area contributed by atoms with E-state index in [0.717, 1.165) is 0 Å². The van der Waals surface area contributed by atoms with Crippen molar-refractivity contribution in [3.63, 3.8) is 0 Å². The first-order valence-electron chi connectivity index (χ1n) is 5.89. The van der Waals surface area contributed by atoms with Crippen molar-refractivity contribution in [2.24, 2.45) is 0 Å². The van der Waals surface area contributed by atoms with Crippen molar-refractivity contribution in [1.29, 1.82) is 0 Å². The van der Waals surface area contributed by atoms with E-state index in [-0.39, 0.29) is 12.3 Å². The molecule has 7 heteroatoms. The van der Waals surface area contributed by atoms with Crippen molar-refractivity contribution in [2.75, 3.05) is 12.0 Å². The van der Waals surface area contributed by atoms with Crippen LogP contribution in [0.1, 0.15) is 12.0 Å². The summed E-state index contributed by atoms with van der Waals surface area (Å²) in [5.74, 6) is -0.706. The van der Waals surface area contributed by atoms with Gasteiger partial charge in [0, 0.05) is 0 Å². The van der Waals surface area contributed by atoms with Gasteiger partial charge in [0.25, 0.3) is 0 Å². The Bertz CT molecular complexity index is 497. The van der Waals surface area contributed by atoms with Gasteiger partial charge in [-0.15, -0.1) is 0 Å². The van der Waals surface area contributed by atoms with E-state index in [0.29, 0.717) is 27.8 Å². The van der Waals surface area contributed by atoms with Gasteiger partial charge in [-0.1, -0.05) is 29.3 Å². The maximum atomic E-state index is 11.8. The number of halogens is 2. The Labute approximate surface area is 131 Å². The number of nitrogens with one attached hydrogen (secondary N) is 1. The van der Waals surface area contributed by atoms with Crippen LogP contribution in [0.3, 0.4) is 0 Å². The minimum atomic E-state index is -1.03. The van der Waals surface area contributed by atoms with Crippen molar-refractivity contribution in [3.8, 4) is 0 Å². The van der Waals surface area contributed by atoms with Crippen molar-refractivity contribution in [2.45, 2.75) is 18.9 Å². The second-order valence-electron chi connectivity index (χ2n) is 4.17. The van der Waals surface area contributed by atoms with Gasteiger partial charge in [0.05, 0.1) is 16.5 Å². The minimum absolute atomic E-state index is 0.0694. The number of aliphatic carboxylic acids is 1. The van der Waals surface area contributed by atoms with E-state index in [1.165, 1.54) is 11.8 Å². The number of hydrogen-bond donors (Lipinski definition) is 2. The zero-order valence-corrected chi connectivity index (χ0v) is 13.2. The van der Waals surface area contributed by atoms with Crippen LogP contribution in [0.2, 0.25) is 10.0 Å². The van der Waals surface area contributed by atoms with Gasteiger partial charge in [-0.05, 0) is 36.1 Å². The lowest BCUT2D eigenvalue weighted by atomic mass is 10.1. The van der Waals surface area contributed by atoms with Gasteiger partial charge in [-0.2, -0.15) is 11.8 Å². The predicted octanol–water partition coefficient (Wildman–Crippen LogP) is 2.86. The van der Waals surface area contributed by atoms with Gasteiger partial charge in [-0.25, -0.2) is 4.79 Å². The van der Waals surface area contributed by atoms with Gasteiger partial charge in [0.2, 0.25) is 5.91 Å². The van der Waals surface area contributed by atoms with Crippen LogP contribution in [0, 0.1) is 0 Å². The number of benzene rings is 1. The first kappa shape index (κ1) is 17.1. The van der Waals surface area contributed by atoms with Gasteiger partial charge in [0.15, 0.2) is 0 Å². The molecule has 2 N–H and O–H groups in total. The molecule has 4 nitrogen and oxygen atoms in total.